The SMILES string of the molecule is CCCCCCCCCCCCC/C=C/CC/C=C/CCCC(O)C(O)C(CO)NC(=O)C(O)CCCCCCCCCCCCCCCCCC/C=C\C/C=C\CCCCCCCCCCCCCCC. The van der Waals surface area contributed by atoms with Crippen molar-refractivity contribution in [1.82, 2.24) is 5.32 Å². The summed E-state index contributed by atoms with van der Waals surface area (Å²) >= 11 is 0. The van der Waals surface area contributed by atoms with Crippen LogP contribution < -0.4 is 5.32 Å². The largest absolute Gasteiger partial charge is 0.394 e. The van der Waals surface area contributed by atoms with Crippen LogP contribution in [-0.4, -0.2) is 57.3 Å². The lowest BCUT2D eigenvalue weighted by atomic mass is 10.00. The smallest absolute Gasteiger partial charge is 0.249 e. The summed E-state index contributed by atoms with van der Waals surface area (Å²) in [5.41, 5.74) is 0. The number of nitrogens with one attached hydrogen (secondary N) is 1. The average molecular weight is 1010 g/mol. The molecule has 0 rings (SSSR count). The van der Waals surface area contributed by atoms with Crippen LogP contribution in [0.15, 0.2) is 48.6 Å². The Kier molecular flexibility index (Phi) is 58.7. The van der Waals surface area contributed by atoms with E-state index in [1.54, 1.807) is 0 Å². The fraction of sp³-hybridized carbons (Fsp3) is 0.864. The number of allylic oxidation sites excluding steroid dienone is 8. The molecule has 72 heavy (non-hydrogen) atoms. The van der Waals surface area contributed by atoms with Gasteiger partial charge in [0.15, 0.2) is 0 Å². The molecule has 424 valence electrons. The van der Waals surface area contributed by atoms with E-state index in [0.29, 0.717) is 19.3 Å². The van der Waals surface area contributed by atoms with Gasteiger partial charge in [-0.2, -0.15) is 0 Å². The van der Waals surface area contributed by atoms with Crippen molar-refractivity contribution >= 4 is 5.91 Å². The molecule has 0 aliphatic rings. The molecule has 4 atom stereocenters. The molecule has 0 aliphatic heterocycles. The number of carbonyl (C=O) groups is 1. The Balaban J connectivity index is 3.60. The zero-order valence-corrected chi connectivity index (χ0v) is 48.2. The number of aliphatic hydroxyl groups excluding tert-OH is 4. The number of rotatable bonds is 59. The fourth-order valence-corrected chi connectivity index (χ4v) is 9.98. The quantitative estimate of drug-likeness (QED) is 0.0308. The first-order valence-corrected chi connectivity index (χ1v) is 32.0. The highest BCUT2D eigenvalue weighted by Crippen LogP contribution is 2.18. The van der Waals surface area contributed by atoms with E-state index in [1.807, 2.05) is 0 Å². The normalized spacial score (nSPS) is 13.9. The molecule has 0 radical (unpaired) electrons. The summed E-state index contributed by atoms with van der Waals surface area (Å²) in [4.78, 5) is 12.6. The molecule has 0 saturated heterocycles. The highest BCUT2D eigenvalue weighted by molar-refractivity contribution is 5.80. The average Bonchev–Trinajstić information content (AvgIpc) is 3.39. The van der Waals surface area contributed by atoms with Crippen molar-refractivity contribution in [2.24, 2.45) is 0 Å². The molecule has 6 heteroatoms. The van der Waals surface area contributed by atoms with E-state index in [9.17, 15) is 25.2 Å². The standard InChI is InChI=1S/C66H125NO5/c1-3-5-7-9-11-13-15-17-19-21-23-25-26-27-28-29-30-31-32-33-34-35-36-37-38-39-40-42-44-46-48-50-52-54-56-58-60-64(70)66(72)67-62(61-68)65(71)63(69)59-57-55-53-51-49-47-45-43-41-24-22-20-18-16-14-12-10-8-6-4-2/h28-29,31-32,43,45,51,53,62-65,68-71H,3-27,30,33-42,44,46-50,52,54-61H2,1-2H3,(H,67,72)/b29-28-,32-31-,45-43+,53-51+. The van der Waals surface area contributed by atoms with E-state index in [2.05, 4.69) is 67.8 Å². The molecular weight excluding hydrogens is 887 g/mol. The molecule has 0 aromatic rings. The minimum absolute atomic E-state index is 0.360. The van der Waals surface area contributed by atoms with Gasteiger partial charge in [-0.05, 0) is 83.5 Å². The Morgan fingerprint density at radius 1 is 0.347 bits per heavy atom. The van der Waals surface area contributed by atoms with Crippen LogP contribution >= 0.6 is 0 Å². The number of hydrogen-bond acceptors (Lipinski definition) is 5. The van der Waals surface area contributed by atoms with Crippen LogP contribution in [0, 0.1) is 0 Å². The topological polar surface area (TPSA) is 110 Å². The highest BCUT2D eigenvalue weighted by atomic mass is 16.3. The Morgan fingerprint density at radius 3 is 0.958 bits per heavy atom. The Morgan fingerprint density at radius 2 is 0.625 bits per heavy atom. The number of hydrogen-bond donors (Lipinski definition) is 5. The van der Waals surface area contributed by atoms with Crippen molar-refractivity contribution in [2.75, 3.05) is 6.61 Å². The Labute approximate surface area is 449 Å². The monoisotopic (exact) mass is 1010 g/mol. The Hall–Kier alpha value is -1.73. The number of amides is 1. The third kappa shape index (κ3) is 53.1. The summed E-state index contributed by atoms with van der Waals surface area (Å²) in [6.45, 7) is 4.07. The summed E-state index contributed by atoms with van der Waals surface area (Å²) in [6.07, 6.45) is 77.9. The summed E-state index contributed by atoms with van der Waals surface area (Å²) in [5, 5.41) is 44.0. The minimum atomic E-state index is -1.29. The van der Waals surface area contributed by atoms with Gasteiger partial charge in [0.2, 0.25) is 5.91 Å². The maximum absolute atomic E-state index is 12.6. The maximum atomic E-state index is 12.6. The lowest BCUT2D eigenvalue weighted by molar-refractivity contribution is -0.132. The second-order valence-corrected chi connectivity index (χ2v) is 22.1. The summed E-state index contributed by atoms with van der Waals surface area (Å²) in [5.74, 6) is -0.594. The molecule has 4 unspecified atom stereocenters. The first-order valence-electron chi connectivity index (χ1n) is 32.0. The second-order valence-electron chi connectivity index (χ2n) is 22.1. The van der Waals surface area contributed by atoms with Crippen LogP contribution in [0.4, 0.5) is 0 Å². The number of carbonyl (C=O) groups excluding carboxylic acids is 1. The maximum Gasteiger partial charge on any atom is 0.249 e. The fourth-order valence-electron chi connectivity index (χ4n) is 9.98. The van der Waals surface area contributed by atoms with Gasteiger partial charge in [0.1, 0.15) is 12.2 Å². The molecule has 0 aromatic carbocycles. The molecule has 0 saturated carbocycles. The van der Waals surface area contributed by atoms with E-state index in [1.165, 1.54) is 257 Å². The molecule has 0 spiro atoms. The van der Waals surface area contributed by atoms with Crippen molar-refractivity contribution in [3.8, 4) is 0 Å². The van der Waals surface area contributed by atoms with E-state index >= 15 is 0 Å². The lowest BCUT2D eigenvalue weighted by Crippen LogP contribution is -2.53. The van der Waals surface area contributed by atoms with E-state index < -0.39 is 36.9 Å². The van der Waals surface area contributed by atoms with Gasteiger partial charge in [0.05, 0.1) is 18.8 Å². The van der Waals surface area contributed by atoms with Crippen LogP contribution in [-0.2, 0) is 4.79 Å². The first kappa shape index (κ1) is 70.3. The van der Waals surface area contributed by atoms with Crippen molar-refractivity contribution in [2.45, 2.75) is 359 Å². The zero-order valence-electron chi connectivity index (χ0n) is 48.2. The molecule has 0 aliphatic carbocycles. The van der Waals surface area contributed by atoms with Gasteiger partial charge < -0.3 is 25.7 Å². The molecule has 1 amide bonds. The summed E-state index contributed by atoms with van der Waals surface area (Å²) in [7, 11) is 0. The van der Waals surface area contributed by atoms with E-state index in [-0.39, 0.29) is 0 Å². The van der Waals surface area contributed by atoms with Gasteiger partial charge in [0, 0.05) is 0 Å². The number of aliphatic hydroxyl groups is 4. The van der Waals surface area contributed by atoms with Gasteiger partial charge in [0.25, 0.3) is 0 Å². The van der Waals surface area contributed by atoms with Crippen LogP contribution in [0.2, 0.25) is 0 Å². The molecular formula is C66H125NO5. The van der Waals surface area contributed by atoms with E-state index in [4.69, 9.17) is 0 Å². The lowest BCUT2D eigenvalue weighted by Gasteiger charge is -2.27. The first-order chi connectivity index (χ1) is 35.5. The van der Waals surface area contributed by atoms with Crippen LogP contribution in [0.25, 0.3) is 0 Å². The van der Waals surface area contributed by atoms with Gasteiger partial charge in [-0.15, -0.1) is 0 Å². The number of unbranched alkanes of at least 4 members (excludes halogenated alkanes) is 42. The predicted octanol–water partition coefficient (Wildman–Crippen LogP) is 19.3. The van der Waals surface area contributed by atoms with Gasteiger partial charge in [-0.25, -0.2) is 0 Å². The van der Waals surface area contributed by atoms with E-state index in [0.717, 1.165) is 44.9 Å². The summed E-state index contributed by atoms with van der Waals surface area (Å²) < 4.78 is 0. The highest BCUT2D eigenvalue weighted by Gasteiger charge is 2.28. The molecule has 0 bridgehead atoms. The van der Waals surface area contributed by atoms with Crippen LogP contribution in [0.1, 0.15) is 335 Å². The van der Waals surface area contributed by atoms with Crippen molar-refractivity contribution in [3.63, 3.8) is 0 Å². The van der Waals surface area contributed by atoms with Crippen LogP contribution in [0.5, 0.6) is 0 Å². The molecule has 0 fully saturated rings. The third-order valence-electron chi connectivity index (χ3n) is 15.0. The molecule has 0 aromatic heterocycles. The van der Waals surface area contributed by atoms with Crippen molar-refractivity contribution in [3.05, 3.63) is 48.6 Å². The van der Waals surface area contributed by atoms with Gasteiger partial charge in [-0.1, -0.05) is 300 Å². The molecule has 5 N–H and O–H groups in total. The summed E-state index contributed by atoms with van der Waals surface area (Å²) in [6, 6.07) is -1.01. The second kappa shape index (κ2) is 60.1. The predicted molar refractivity (Wildman–Crippen MR) is 316 cm³/mol. The van der Waals surface area contributed by atoms with Crippen molar-refractivity contribution < 1.29 is 25.2 Å². The Bertz CT molecular complexity index is 1180. The van der Waals surface area contributed by atoms with Gasteiger partial charge in [-0.3, -0.25) is 4.79 Å². The molecule has 0 heterocycles. The minimum Gasteiger partial charge on any atom is -0.394 e. The van der Waals surface area contributed by atoms with Crippen molar-refractivity contribution in [1.29, 1.82) is 0 Å². The zero-order chi connectivity index (χ0) is 52.3. The third-order valence-corrected chi connectivity index (χ3v) is 15.0. The molecule has 6 nitrogen and oxygen atoms in total. The van der Waals surface area contributed by atoms with Gasteiger partial charge >= 0.3 is 0 Å². The van der Waals surface area contributed by atoms with Crippen LogP contribution in [0.3, 0.4) is 0 Å².